The summed E-state index contributed by atoms with van der Waals surface area (Å²) in [6.45, 7) is 1.98. The maximum Gasteiger partial charge on any atom is 0.337 e. The summed E-state index contributed by atoms with van der Waals surface area (Å²) in [4.78, 5) is 13.1. The normalized spacial score (nSPS) is 10.3. The lowest BCUT2D eigenvalue weighted by Crippen LogP contribution is -2.11. The van der Waals surface area contributed by atoms with Crippen molar-refractivity contribution in [2.24, 2.45) is 0 Å². The highest BCUT2D eigenvalue weighted by Gasteiger charge is 2.14. The van der Waals surface area contributed by atoms with Gasteiger partial charge in [-0.05, 0) is 36.8 Å². The number of carboxylic acids is 1. The number of nitrogens with one attached hydrogen (secondary N) is 1. The Balaban J connectivity index is 2.44. The fourth-order valence-corrected chi connectivity index (χ4v) is 2.14. The first-order valence-corrected chi connectivity index (χ1v) is 6.47. The Bertz CT molecular complexity index is 684. The van der Waals surface area contributed by atoms with Crippen LogP contribution in [0, 0.1) is 12.7 Å². The summed E-state index contributed by atoms with van der Waals surface area (Å²) in [5.74, 6) is -1.76. The van der Waals surface area contributed by atoms with Gasteiger partial charge in [0.05, 0.1) is 11.3 Å². The highest BCUT2D eigenvalue weighted by atomic mass is 19.1. The molecule has 4 nitrogen and oxygen atoms in total. The van der Waals surface area contributed by atoms with Crippen molar-refractivity contribution in [1.82, 2.24) is 0 Å². The summed E-state index contributed by atoms with van der Waals surface area (Å²) in [6.07, 6.45) is 0. The van der Waals surface area contributed by atoms with Crippen molar-refractivity contribution in [3.63, 3.8) is 0 Å². The third-order valence-electron chi connectivity index (χ3n) is 3.20. The van der Waals surface area contributed by atoms with Gasteiger partial charge in [-0.2, -0.15) is 0 Å². The summed E-state index contributed by atoms with van der Waals surface area (Å²) in [5, 5.41) is 12.0. The number of nitrogens with zero attached hydrogens (tertiary/aromatic N) is 1. The highest BCUT2D eigenvalue weighted by molar-refractivity contribution is 5.95. The van der Waals surface area contributed by atoms with Crippen molar-refractivity contribution < 1.29 is 14.3 Å². The lowest BCUT2D eigenvalue weighted by Gasteiger charge is -2.18. The smallest absolute Gasteiger partial charge is 0.337 e. The van der Waals surface area contributed by atoms with Crippen LogP contribution in [0.3, 0.4) is 0 Å². The van der Waals surface area contributed by atoms with Gasteiger partial charge >= 0.3 is 5.97 Å². The maximum atomic E-state index is 13.9. The van der Waals surface area contributed by atoms with Gasteiger partial charge in [-0.1, -0.05) is 12.1 Å². The largest absolute Gasteiger partial charge is 0.478 e. The molecule has 5 heteroatoms. The molecule has 0 aliphatic heterocycles. The Kier molecular flexibility index (Phi) is 4.12. The minimum atomic E-state index is -1.17. The van der Waals surface area contributed by atoms with Gasteiger partial charge in [0.1, 0.15) is 5.82 Å². The molecule has 21 heavy (non-hydrogen) atoms. The summed E-state index contributed by atoms with van der Waals surface area (Å²) in [5.41, 5.74) is 2.57. The van der Waals surface area contributed by atoms with Gasteiger partial charge in [0.15, 0.2) is 0 Å². The van der Waals surface area contributed by atoms with E-state index in [9.17, 15) is 9.18 Å². The lowest BCUT2D eigenvalue weighted by atomic mass is 10.1. The van der Waals surface area contributed by atoms with Crippen LogP contribution in [-0.2, 0) is 0 Å². The van der Waals surface area contributed by atoms with Gasteiger partial charge in [-0.15, -0.1) is 0 Å². The second kappa shape index (κ2) is 5.83. The molecule has 0 saturated carbocycles. The zero-order valence-electron chi connectivity index (χ0n) is 12.1. The summed E-state index contributed by atoms with van der Waals surface area (Å²) in [6, 6.07) is 9.53. The predicted molar refractivity (Wildman–Crippen MR) is 82.1 cm³/mol. The van der Waals surface area contributed by atoms with Crippen LogP contribution in [0.4, 0.5) is 21.5 Å². The fourth-order valence-electron chi connectivity index (χ4n) is 2.14. The predicted octanol–water partition coefficient (Wildman–Crippen LogP) is 3.64. The molecule has 110 valence electrons. The molecule has 0 fully saturated rings. The third-order valence-corrected chi connectivity index (χ3v) is 3.20. The van der Waals surface area contributed by atoms with Gasteiger partial charge < -0.3 is 15.3 Å². The standard InChI is InChI=1S/C16H17FN2O2/c1-10-7-8-11(9-14(10)19(2)3)18-15-12(16(20)21)5-4-6-13(15)17/h4-9,18H,1-3H3,(H,20,21). The van der Waals surface area contributed by atoms with Crippen molar-refractivity contribution in [3.8, 4) is 0 Å². The second-order valence-electron chi connectivity index (χ2n) is 4.99. The Labute approximate surface area is 122 Å². The average molecular weight is 288 g/mol. The third kappa shape index (κ3) is 3.13. The molecule has 2 aromatic carbocycles. The van der Waals surface area contributed by atoms with E-state index < -0.39 is 11.8 Å². The Morgan fingerprint density at radius 1 is 1.24 bits per heavy atom. The van der Waals surface area contributed by atoms with E-state index in [1.54, 1.807) is 6.07 Å². The number of anilines is 3. The second-order valence-corrected chi connectivity index (χ2v) is 4.99. The van der Waals surface area contributed by atoms with E-state index in [0.29, 0.717) is 5.69 Å². The first-order valence-electron chi connectivity index (χ1n) is 6.47. The molecule has 0 spiro atoms. The molecule has 0 aliphatic carbocycles. The molecule has 0 amide bonds. The van der Waals surface area contributed by atoms with Gasteiger partial charge in [0.25, 0.3) is 0 Å². The molecule has 0 radical (unpaired) electrons. The van der Waals surface area contributed by atoms with Gasteiger partial charge in [0, 0.05) is 25.5 Å². The number of hydrogen-bond donors (Lipinski definition) is 2. The number of rotatable bonds is 4. The van der Waals surface area contributed by atoms with Gasteiger partial charge in [0.2, 0.25) is 0 Å². The van der Waals surface area contributed by atoms with E-state index in [2.05, 4.69) is 5.32 Å². The molecule has 0 aromatic heterocycles. The van der Waals surface area contributed by atoms with E-state index in [1.807, 2.05) is 38.1 Å². The first-order chi connectivity index (χ1) is 9.90. The maximum absolute atomic E-state index is 13.9. The van der Waals surface area contributed by atoms with Crippen molar-refractivity contribution in [1.29, 1.82) is 0 Å². The van der Waals surface area contributed by atoms with E-state index >= 15 is 0 Å². The number of aromatic carboxylic acids is 1. The number of para-hydroxylation sites is 1. The number of halogens is 1. The fraction of sp³-hybridized carbons (Fsp3) is 0.188. The quantitative estimate of drug-likeness (QED) is 0.902. The minimum absolute atomic E-state index is 0.0291. The zero-order valence-corrected chi connectivity index (χ0v) is 12.1. The Hall–Kier alpha value is -2.56. The van der Waals surface area contributed by atoms with Crippen LogP contribution in [0.25, 0.3) is 0 Å². The molecule has 0 saturated heterocycles. The summed E-state index contributed by atoms with van der Waals surface area (Å²) in [7, 11) is 3.83. The SMILES string of the molecule is Cc1ccc(Nc2c(F)cccc2C(=O)O)cc1N(C)C. The van der Waals surface area contributed by atoms with Crippen LogP contribution >= 0.6 is 0 Å². The molecule has 2 N–H and O–H groups in total. The lowest BCUT2D eigenvalue weighted by molar-refractivity contribution is 0.0697. The van der Waals surface area contributed by atoms with E-state index in [-0.39, 0.29) is 11.3 Å². The van der Waals surface area contributed by atoms with Crippen LogP contribution in [0.2, 0.25) is 0 Å². The average Bonchev–Trinajstić information content (AvgIpc) is 2.42. The number of benzene rings is 2. The van der Waals surface area contributed by atoms with E-state index in [0.717, 1.165) is 11.3 Å². The van der Waals surface area contributed by atoms with Gasteiger partial charge in [-0.3, -0.25) is 0 Å². The van der Waals surface area contributed by atoms with E-state index in [4.69, 9.17) is 5.11 Å². The topological polar surface area (TPSA) is 52.6 Å². The minimum Gasteiger partial charge on any atom is -0.478 e. The molecular weight excluding hydrogens is 271 g/mol. The van der Waals surface area contributed by atoms with Crippen LogP contribution in [-0.4, -0.2) is 25.2 Å². The van der Waals surface area contributed by atoms with Crippen molar-refractivity contribution in [2.75, 3.05) is 24.3 Å². The first kappa shape index (κ1) is 14.8. The zero-order chi connectivity index (χ0) is 15.6. The van der Waals surface area contributed by atoms with Crippen LogP contribution < -0.4 is 10.2 Å². The van der Waals surface area contributed by atoms with Crippen molar-refractivity contribution >= 4 is 23.0 Å². The van der Waals surface area contributed by atoms with E-state index in [1.165, 1.54) is 18.2 Å². The number of hydrogen-bond acceptors (Lipinski definition) is 3. The molecule has 0 aliphatic rings. The molecule has 0 bridgehead atoms. The molecule has 0 heterocycles. The highest BCUT2D eigenvalue weighted by Crippen LogP contribution is 2.28. The molecule has 2 aromatic rings. The molecule has 0 unspecified atom stereocenters. The van der Waals surface area contributed by atoms with Crippen molar-refractivity contribution in [3.05, 3.63) is 53.3 Å². The van der Waals surface area contributed by atoms with Gasteiger partial charge in [-0.25, -0.2) is 9.18 Å². The van der Waals surface area contributed by atoms with Crippen LogP contribution in [0.5, 0.6) is 0 Å². The summed E-state index contributed by atoms with van der Waals surface area (Å²) < 4.78 is 13.9. The number of aryl methyl sites for hydroxylation is 1. The van der Waals surface area contributed by atoms with Crippen LogP contribution in [0.1, 0.15) is 15.9 Å². The molecule has 0 atom stereocenters. The monoisotopic (exact) mass is 288 g/mol. The number of carbonyl (C=O) groups is 1. The van der Waals surface area contributed by atoms with Crippen molar-refractivity contribution in [2.45, 2.75) is 6.92 Å². The molecule has 2 rings (SSSR count). The Morgan fingerprint density at radius 3 is 2.57 bits per heavy atom. The number of carboxylic acid groups (broad SMARTS) is 1. The molecular formula is C16H17FN2O2. The summed E-state index contributed by atoms with van der Waals surface area (Å²) >= 11 is 0. The Morgan fingerprint density at radius 2 is 1.95 bits per heavy atom. The van der Waals surface area contributed by atoms with Crippen LogP contribution in [0.15, 0.2) is 36.4 Å².